The van der Waals surface area contributed by atoms with Crippen molar-refractivity contribution in [2.45, 2.75) is 6.42 Å². The number of fused-ring (bicyclic) bond motifs is 2. The number of carbonyl (C=O) groups is 1. The van der Waals surface area contributed by atoms with Crippen molar-refractivity contribution in [3.05, 3.63) is 84.3 Å². The minimum atomic E-state index is -0.258. The Morgan fingerprint density at radius 3 is 2.64 bits per heavy atom. The Bertz CT molecular complexity index is 1170. The van der Waals surface area contributed by atoms with E-state index in [1.807, 2.05) is 42.5 Å². The summed E-state index contributed by atoms with van der Waals surface area (Å²) in [6, 6.07) is 17.8. The van der Waals surface area contributed by atoms with E-state index < -0.39 is 0 Å². The fourth-order valence-corrected chi connectivity index (χ4v) is 3.52. The number of para-hydroxylation sites is 2. The van der Waals surface area contributed by atoms with E-state index in [2.05, 4.69) is 37.3 Å². The van der Waals surface area contributed by atoms with Gasteiger partial charge in [0.05, 0.1) is 16.8 Å². The molecule has 0 bridgehead atoms. The molecule has 0 fully saturated rings. The molecule has 2 aromatic heterocycles. The maximum Gasteiger partial charge on any atom is 0.258 e. The summed E-state index contributed by atoms with van der Waals surface area (Å²) in [5, 5.41) is 3.88. The van der Waals surface area contributed by atoms with Gasteiger partial charge in [-0.1, -0.05) is 36.4 Å². The highest BCUT2D eigenvalue weighted by Crippen LogP contribution is 2.32. The summed E-state index contributed by atoms with van der Waals surface area (Å²) in [5.74, 6) is 0.347. The van der Waals surface area contributed by atoms with Crippen molar-refractivity contribution < 1.29 is 4.79 Å². The lowest BCUT2D eigenvalue weighted by atomic mass is 10.2. The van der Waals surface area contributed by atoms with Gasteiger partial charge in [-0.2, -0.15) is 0 Å². The average molecular weight is 367 g/mol. The Morgan fingerprint density at radius 1 is 0.929 bits per heavy atom. The second-order valence-electron chi connectivity index (χ2n) is 6.64. The molecule has 0 spiro atoms. The summed E-state index contributed by atoms with van der Waals surface area (Å²) in [4.78, 5) is 27.9. The van der Waals surface area contributed by atoms with Crippen molar-refractivity contribution in [2.75, 3.05) is 16.8 Å². The minimum absolute atomic E-state index is 0.258. The number of hydrogen-bond donors (Lipinski definition) is 1. The normalized spacial score (nSPS) is 12.8. The third-order valence-corrected chi connectivity index (χ3v) is 4.91. The fourth-order valence-electron chi connectivity index (χ4n) is 3.52. The van der Waals surface area contributed by atoms with Crippen molar-refractivity contribution in [2.24, 2.45) is 0 Å². The van der Waals surface area contributed by atoms with Crippen LogP contribution in [0.3, 0.4) is 0 Å². The first-order chi connectivity index (χ1) is 13.8. The highest BCUT2D eigenvalue weighted by Gasteiger charge is 2.22. The van der Waals surface area contributed by atoms with Crippen LogP contribution in [0.5, 0.6) is 0 Å². The molecule has 136 valence electrons. The van der Waals surface area contributed by atoms with Gasteiger partial charge in [0.2, 0.25) is 5.95 Å². The fraction of sp³-hybridized carbons (Fsp3) is 0.0909. The first-order valence-corrected chi connectivity index (χ1v) is 9.12. The number of rotatable bonds is 3. The molecule has 0 saturated carbocycles. The third-order valence-electron chi connectivity index (χ3n) is 4.91. The number of amides is 1. The van der Waals surface area contributed by atoms with E-state index >= 15 is 0 Å². The molecule has 1 aliphatic heterocycles. The maximum absolute atomic E-state index is 12.7. The molecule has 1 N–H and O–H groups in total. The molecule has 1 aliphatic rings. The van der Waals surface area contributed by atoms with E-state index in [-0.39, 0.29) is 5.91 Å². The molecule has 0 unspecified atom stereocenters. The second-order valence-corrected chi connectivity index (χ2v) is 6.64. The Kier molecular flexibility index (Phi) is 3.94. The SMILES string of the molecule is O=C(Nc1cccc2cccnc12)c1cnc(N2CCc3ccccc32)nc1. The van der Waals surface area contributed by atoms with Crippen LogP contribution >= 0.6 is 0 Å². The van der Waals surface area contributed by atoms with Crippen molar-refractivity contribution in [1.29, 1.82) is 0 Å². The van der Waals surface area contributed by atoms with Gasteiger partial charge in [0.15, 0.2) is 0 Å². The molecule has 2 aromatic carbocycles. The highest BCUT2D eigenvalue weighted by atomic mass is 16.1. The van der Waals surface area contributed by atoms with E-state index in [0.29, 0.717) is 17.2 Å². The lowest BCUT2D eigenvalue weighted by molar-refractivity contribution is 0.102. The van der Waals surface area contributed by atoms with Crippen LogP contribution < -0.4 is 10.2 Å². The molecule has 0 aliphatic carbocycles. The van der Waals surface area contributed by atoms with Crippen LogP contribution in [0.15, 0.2) is 73.2 Å². The van der Waals surface area contributed by atoms with E-state index in [1.165, 1.54) is 5.56 Å². The molecule has 0 saturated heterocycles. The lowest BCUT2D eigenvalue weighted by Crippen LogP contribution is -2.18. The van der Waals surface area contributed by atoms with E-state index in [0.717, 1.165) is 29.6 Å². The zero-order chi connectivity index (χ0) is 18.9. The topological polar surface area (TPSA) is 71.0 Å². The van der Waals surface area contributed by atoms with Gasteiger partial charge in [-0.05, 0) is 30.2 Å². The van der Waals surface area contributed by atoms with E-state index in [9.17, 15) is 4.79 Å². The summed E-state index contributed by atoms with van der Waals surface area (Å²) in [7, 11) is 0. The number of pyridine rings is 1. The van der Waals surface area contributed by atoms with E-state index in [1.54, 1.807) is 18.6 Å². The Morgan fingerprint density at radius 2 is 1.75 bits per heavy atom. The largest absolute Gasteiger partial charge is 0.320 e. The number of aromatic nitrogens is 3. The molecule has 3 heterocycles. The van der Waals surface area contributed by atoms with Gasteiger partial charge < -0.3 is 10.2 Å². The molecule has 5 rings (SSSR count). The number of anilines is 3. The van der Waals surface area contributed by atoms with Crippen LogP contribution in [0.25, 0.3) is 10.9 Å². The van der Waals surface area contributed by atoms with Crippen LogP contribution in [-0.4, -0.2) is 27.4 Å². The average Bonchev–Trinajstić information content (AvgIpc) is 3.18. The number of nitrogens with zero attached hydrogens (tertiary/aromatic N) is 4. The molecular formula is C22H17N5O. The number of nitrogens with one attached hydrogen (secondary N) is 1. The van der Waals surface area contributed by atoms with Gasteiger partial charge in [0.25, 0.3) is 5.91 Å². The summed E-state index contributed by atoms with van der Waals surface area (Å²) < 4.78 is 0. The molecular weight excluding hydrogens is 350 g/mol. The molecule has 6 heteroatoms. The van der Waals surface area contributed by atoms with E-state index in [4.69, 9.17) is 0 Å². The highest BCUT2D eigenvalue weighted by molar-refractivity contribution is 6.08. The summed E-state index contributed by atoms with van der Waals surface area (Å²) in [6.45, 7) is 0.840. The number of hydrogen-bond acceptors (Lipinski definition) is 5. The smallest absolute Gasteiger partial charge is 0.258 e. The standard InChI is InChI=1S/C22H17N5O/c28-21(26-18-8-3-6-16-7-4-11-23-20(16)18)17-13-24-22(25-14-17)27-12-10-15-5-1-2-9-19(15)27/h1-9,11,13-14H,10,12H2,(H,26,28). The summed E-state index contributed by atoms with van der Waals surface area (Å²) in [5.41, 5.74) is 4.24. The van der Waals surface area contributed by atoms with Gasteiger partial charge in [-0.15, -0.1) is 0 Å². The van der Waals surface area contributed by atoms with Crippen molar-refractivity contribution in [1.82, 2.24) is 15.0 Å². The van der Waals surface area contributed by atoms with Crippen molar-refractivity contribution in [3.8, 4) is 0 Å². The first-order valence-electron chi connectivity index (χ1n) is 9.12. The van der Waals surface area contributed by atoms with Crippen LogP contribution in [0.4, 0.5) is 17.3 Å². The van der Waals surface area contributed by atoms with Gasteiger partial charge in [0.1, 0.15) is 0 Å². The predicted molar refractivity (Wildman–Crippen MR) is 109 cm³/mol. The van der Waals surface area contributed by atoms with Crippen LogP contribution in [0, 0.1) is 0 Å². The molecule has 6 nitrogen and oxygen atoms in total. The van der Waals surface area contributed by atoms with Gasteiger partial charge in [-0.25, -0.2) is 9.97 Å². The first kappa shape index (κ1) is 16.4. The molecule has 0 radical (unpaired) electrons. The molecule has 1 amide bonds. The molecule has 28 heavy (non-hydrogen) atoms. The third kappa shape index (κ3) is 2.85. The quantitative estimate of drug-likeness (QED) is 0.593. The predicted octanol–water partition coefficient (Wildman–Crippen LogP) is 3.97. The monoisotopic (exact) mass is 367 g/mol. The zero-order valence-electron chi connectivity index (χ0n) is 15.0. The Balaban J connectivity index is 1.38. The molecule has 0 atom stereocenters. The summed E-state index contributed by atoms with van der Waals surface area (Å²) in [6.07, 6.45) is 5.81. The minimum Gasteiger partial charge on any atom is -0.320 e. The lowest BCUT2D eigenvalue weighted by Gasteiger charge is -2.17. The van der Waals surface area contributed by atoms with Crippen LogP contribution in [-0.2, 0) is 6.42 Å². The van der Waals surface area contributed by atoms with Crippen molar-refractivity contribution in [3.63, 3.8) is 0 Å². The Hall–Kier alpha value is -3.80. The number of benzene rings is 2. The maximum atomic E-state index is 12.7. The van der Waals surface area contributed by atoms with Crippen LogP contribution in [0.1, 0.15) is 15.9 Å². The van der Waals surface area contributed by atoms with Gasteiger partial charge in [-0.3, -0.25) is 9.78 Å². The second kappa shape index (κ2) is 6.74. The molecule has 4 aromatic rings. The van der Waals surface area contributed by atoms with Crippen LogP contribution in [0.2, 0.25) is 0 Å². The van der Waals surface area contributed by atoms with Gasteiger partial charge in [0, 0.05) is 36.2 Å². The van der Waals surface area contributed by atoms with Crippen molar-refractivity contribution >= 4 is 34.1 Å². The van der Waals surface area contributed by atoms with Gasteiger partial charge >= 0.3 is 0 Å². The number of carbonyl (C=O) groups excluding carboxylic acids is 1. The Labute approximate surface area is 161 Å². The summed E-state index contributed by atoms with van der Waals surface area (Å²) >= 11 is 0. The zero-order valence-corrected chi connectivity index (χ0v) is 15.0.